The highest BCUT2D eigenvalue weighted by atomic mass is 32.1. The number of ether oxygens (including phenoxy) is 2. The molecule has 0 N–H and O–H groups in total. The normalized spacial score (nSPS) is 23.9. The molecule has 0 aliphatic carbocycles. The summed E-state index contributed by atoms with van der Waals surface area (Å²) in [5.74, 6) is -0.174. The molecule has 4 saturated heterocycles. The summed E-state index contributed by atoms with van der Waals surface area (Å²) in [5.41, 5.74) is 1.10. The van der Waals surface area contributed by atoms with Crippen LogP contribution in [0.4, 0.5) is 0 Å². The van der Waals surface area contributed by atoms with Crippen LogP contribution in [0.5, 0.6) is 0 Å². The Balaban J connectivity index is 1.24. The van der Waals surface area contributed by atoms with Crippen molar-refractivity contribution in [1.29, 1.82) is 0 Å². The number of hydrogen-bond acceptors (Lipinski definition) is 9. The van der Waals surface area contributed by atoms with Crippen LogP contribution in [0.15, 0.2) is 23.5 Å². The third-order valence-electron chi connectivity index (χ3n) is 7.38. The Morgan fingerprint density at radius 1 is 0.718 bits per heavy atom. The molecular weight excluding hydrogens is 557 g/mol. The molecule has 1 aromatic rings. The standard InChI is InChI=1S/C26H34N6O4S3/c1-27-21(23(33)31(25(27)37)7-5-29-9-13-35-14-10-29)17-19-3-4-20(39-19)18-22-24(34)32(26(38)28(22)2)8-6-30-11-15-36-16-12-30/h3-4,17-18H,5-16H2,1-2H3/b21-17+,22-18+. The second-order valence-corrected chi connectivity index (χ2v) is 11.7. The second kappa shape index (κ2) is 12.5. The molecule has 0 radical (unpaired) electrons. The van der Waals surface area contributed by atoms with Crippen LogP contribution in [-0.4, -0.2) is 144 Å². The number of amides is 2. The molecule has 4 aliphatic rings. The third-order valence-corrected chi connectivity index (χ3v) is 9.35. The zero-order valence-electron chi connectivity index (χ0n) is 22.3. The summed E-state index contributed by atoms with van der Waals surface area (Å²) in [6.45, 7) is 9.00. The number of hydrogen-bond donors (Lipinski definition) is 0. The number of thiophene rings is 1. The predicted molar refractivity (Wildman–Crippen MR) is 159 cm³/mol. The maximum absolute atomic E-state index is 13.2. The topological polar surface area (TPSA) is 72.0 Å². The molecule has 0 unspecified atom stereocenters. The molecule has 210 valence electrons. The average molecular weight is 591 g/mol. The van der Waals surface area contributed by atoms with Crippen molar-refractivity contribution in [2.45, 2.75) is 0 Å². The van der Waals surface area contributed by atoms with Gasteiger partial charge in [-0.3, -0.25) is 29.2 Å². The highest BCUT2D eigenvalue weighted by Crippen LogP contribution is 2.29. The summed E-state index contributed by atoms with van der Waals surface area (Å²) in [6.07, 6.45) is 3.74. The highest BCUT2D eigenvalue weighted by molar-refractivity contribution is 7.80. The summed E-state index contributed by atoms with van der Waals surface area (Å²) in [5, 5.41) is 1.03. The van der Waals surface area contributed by atoms with E-state index in [2.05, 4.69) is 9.80 Å². The molecule has 4 fully saturated rings. The van der Waals surface area contributed by atoms with Crippen LogP contribution in [0.2, 0.25) is 0 Å². The molecule has 1 aromatic heterocycles. The Morgan fingerprint density at radius 2 is 1.10 bits per heavy atom. The number of nitrogens with zero attached hydrogens (tertiary/aromatic N) is 6. The first kappa shape index (κ1) is 28.3. The predicted octanol–water partition coefficient (Wildman–Crippen LogP) is 1.21. The van der Waals surface area contributed by atoms with E-state index < -0.39 is 0 Å². The fourth-order valence-electron chi connectivity index (χ4n) is 4.94. The van der Waals surface area contributed by atoms with E-state index >= 15 is 0 Å². The number of morpholine rings is 2. The van der Waals surface area contributed by atoms with E-state index in [1.807, 2.05) is 38.4 Å². The first-order valence-electron chi connectivity index (χ1n) is 13.2. The van der Waals surface area contributed by atoms with Crippen molar-refractivity contribution in [2.75, 3.05) is 92.9 Å². The molecule has 0 saturated carbocycles. The second-order valence-electron chi connectivity index (χ2n) is 9.80. The Kier molecular flexibility index (Phi) is 9.06. The fraction of sp³-hybridized carbons (Fsp3) is 0.538. The van der Waals surface area contributed by atoms with Gasteiger partial charge in [0.1, 0.15) is 11.4 Å². The Labute approximate surface area is 244 Å². The van der Waals surface area contributed by atoms with E-state index in [1.165, 1.54) is 11.3 Å². The van der Waals surface area contributed by atoms with Crippen molar-refractivity contribution in [1.82, 2.24) is 29.4 Å². The van der Waals surface area contributed by atoms with Crippen molar-refractivity contribution in [3.63, 3.8) is 0 Å². The van der Waals surface area contributed by atoms with Crippen LogP contribution < -0.4 is 0 Å². The lowest BCUT2D eigenvalue weighted by atomic mass is 10.3. The van der Waals surface area contributed by atoms with Crippen LogP contribution in [0.1, 0.15) is 9.75 Å². The maximum Gasteiger partial charge on any atom is 0.276 e. The molecule has 13 heteroatoms. The van der Waals surface area contributed by atoms with Gasteiger partial charge >= 0.3 is 0 Å². The summed E-state index contributed by atoms with van der Waals surface area (Å²) >= 11 is 12.7. The van der Waals surface area contributed by atoms with Crippen molar-refractivity contribution in [3.05, 3.63) is 33.3 Å². The van der Waals surface area contributed by atoms with Gasteiger partial charge < -0.3 is 19.3 Å². The SMILES string of the molecule is CN1C(=S)N(CCN2CCOCC2)C(=O)/C1=C\c1ccc(/C=C2\C(=O)N(CCN3CCOCC3)C(=S)N2C)s1. The monoisotopic (exact) mass is 590 g/mol. The van der Waals surface area contributed by atoms with Crippen LogP contribution in [0.3, 0.4) is 0 Å². The molecule has 0 bridgehead atoms. The minimum Gasteiger partial charge on any atom is -0.379 e. The van der Waals surface area contributed by atoms with Crippen molar-refractivity contribution in [2.24, 2.45) is 0 Å². The molecule has 5 heterocycles. The van der Waals surface area contributed by atoms with Gasteiger partial charge in [0.25, 0.3) is 11.8 Å². The average Bonchev–Trinajstić information content (AvgIpc) is 3.54. The Morgan fingerprint density at radius 3 is 1.49 bits per heavy atom. The van der Waals surface area contributed by atoms with Gasteiger partial charge in [-0.15, -0.1) is 11.3 Å². The van der Waals surface area contributed by atoms with E-state index in [-0.39, 0.29) is 11.8 Å². The molecule has 2 amide bonds. The van der Waals surface area contributed by atoms with Gasteiger partial charge in [-0.25, -0.2) is 0 Å². The molecule has 0 atom stereocenters. The van der Waals surface area contributed by atoms with Gasteiger partial charge in [0.05, 0.1) is 26.4 Å². The van der Waals surface area contributed by atoms with Gasteiger partial charge in [-0.1, -0.05) is 0 Å². The lowest BCUT2D eigenvalue weighted by molar-refractivity contribution is -0.123. The number of thiocarbonyl (C=S) groups is 2. The zero-order chi connectivity index (χ0) is 27.5. The molecule has 4 aliphatic heterocycles. The van der Waals surface area contributed by atoms with E-state index in [0.717, 1.165) is 75.5 Å². The van der Waals surface area contributed by atoms with Crippen LogP contribution in [0, 0.1) is 0 Å². The number of rotatable bonds is 8. The first-order valence-corrected chi connectivity index (χ1v) is 14.8. The van der Waals surface area contributed by atoms with Crippen molar-refractivity contribution >= 4 is 70.0 Å². The lowest BCUT2D eigenvalue weighted by Crippen LogP contribution is -2.43. The van der Waals surface area contributed by atoms with Crippen molar-refractivity contribution < 1.29 is 19.1 Å². The third kappa shape index (κ3) is 6.24. The summed E-state index contributed by atoms with van der Waals surface area (Å²) < 4.78 is 10.8. The number of carbonyl (C=O) groups is 2. The maximum atomic E-state index is 13.2. The Bertz CT molecular complexity index is 1100. The molecular formula is C26H34N6O4S3. The molecule has 10 nitrogen and oxygen atoms in total. The van der Waals surface area contributed by atoms with E-state index in [1.54, 1.807) is 19.6 Å². The molecule has 5 rings (SSSR count). The summed E-state index contributed by atoms with van der Waals surface area (Å²) in [6, 6.07) is 3.91. The van der Waals surface area contributed by atoms with Crippen LogP contribution in [0.25, 0.3) is 12.2 Å². The largest absolute Gasteiger partial charge is 0.379 e. The van der Waals surface area contributed by atoms with E-state index in [0.29, 0.717) is 34.7 Å². The first-order chi connectivity index (χ1) is 18.8. The van der Waals surface area contributed by atoms with Crippen LogP contribution in [-0.2, 0) is 19.1 Å². The molecule has 0 spiro atoms. The smallest absolute Gasteiger partial charge is 0.276 e. The van der Waals surface area contributed by atoms with Gasteiger partial charge in [0.15, 0.2) is 10.2 Å². The van der Waals surface area contributed by atoms with Gasteiger partial charge in [0, 0.05) is 76.2 Å². The quantitative estimate of drug-likeness (QED) is 0.326. The van der Waals surface area contributed by atoms with Gasteiger partial charge in [-0.05, 0) is 48.7 Å². The van der Waals surface area contributed by atoms with Gasteiger partial charge in [-0.2, -0.15) is 0 Å². The van der Waals surface area contributed by atoms with Crippen molar-refractivity contribution in [3.8, 4) is 0 Å². The number of likely N-dealkylation sites (N-methyl/N-ethyl adjacent to an activating group) is 2. The number of carbonyl (C=O) groups excluding carboxylic acids is 2. The summed E-state index contributed by atoms with van der Waals surface area (Å²) in [7, 11) is 3.66. The Hall–Kier alpha value is -2.26. The van der Waals surface area contributed by atoms with Crippen LogP contribution >= 0.6 is 35.8 Å². The van der Waals surface area contributed by atoms with Gasteiger partial charge in [0.2, 0.25) is 0 Å². The fourth-order valence-corrected chi connectivity index (χ4v) is 6.37. The lowest BCUT2D eigenvalue weighted by Gasteiger charge is -2.28. The van der Waals surface area contributed by atoms with E-state index in [9.17, 15) is 9.59 Å². The minimum absolute atomic E-state index is 0.0870. The molecule has 0 aromatic carbocycles. The highest BCUT2D eigenvalue weighted by Gasteiger charge is 2.37. The molecule has 39 heavy (non-hydrogen) atoms. The zero-order valence-corrected chi connectivity index (χ0v) is 24.8. The van der Waals surface area contributed by atoms with E-state index in [4.69, 9.17) is 33.9 Å². The summed E-state index contributed by atoms with van der Waals surface area (Å²) in [4.78, 5) is 39.7. The minimum atomic E-state index is -0.0870.